The van der Waals surface area contributed by atoms with Gasteiger partial charge >= 0.3 is 0 Å². The number of amides is 1. The standard InChI is InChI=1S/C13H18ClNO3/c1-9(2)18-12-5-4-10(8-11(12)14)13(17)15-6-3-7-16/h4-5,8-9,16H,3,6-7H2,1-2H3,(H,15,17). The Hall–Kier alpha value is -1.26. The average Bonchev–Trinajstić information content (AvgIpc) is 2.31. The Labute approximate surface area is 112 Å². The number of rotatable bonds is 6. The molecule has 0 unspecified atom stereocenters. The van der Waals surface area contributed by atoms with Crippen molar-refractivity contribution >= 4 is 17.5 Å². The van der Waals surface area contributed by atoms with Gasteiger partial charge in [0.25, 0.3) is 5.91 Å². The van der Waals surface area contributed by atoms with Crippen molar-refractivity contribution in [2.24, 2.45) is 0 Å². The van der Waals surface area contributed by atoms with Gasteiger partial charge in [0.05, 0.1) is 11.1 Å². The van der Waals surface area contributed by atoms with Gasteiger partial charge in [-0.15, -0.1) is 0 Å². The first-order valence-electron chi connectivity index (χ1n) is 5.90. The molecule has 1 aromatic carbocycles. The smallest absolute Gasteiger partial charge is 0.251 e. The maximum Gasteiger partial charge on any atom is 0.251 e. The van der Waals surface area contributed by atoms with Crippen molar-refractivity contribution in [1.82, 2.24) is 5.32 Å². The van der Waals surface area contributed by atoms with Gasteiger partial charge in [-0.1, -0.05) is 11.6 Å². The lowest BCUT2D eigenvalue weighted by atomic mass is 10.2. The van der Waals surface area contributed by atoms with Crippen LogP contribution in [-0.4, -0.2) is 30.3 Å². The second-order valence-corrected chi connectivity index (χ2v) is 4.55. The Kier molecular flexibility index (Phi) is 5.95. The van der Waals surface area contributed by atoms with Crippen LogP contribution in [0.25, 0.3) is 0 Å². The number of aliphatic hydroxyl groups excluding tert-OH is 1. The van der Waals surface area contributed by atoms with Gasteiger partial charge in [0.15, 0.2) is 0 Å². The van der Waals surface area contributed by atoms with Crippen LogP contribution in [0.3, 0.4) is 0 Å². The van der Waals surface area contributed by atoms with Crippen LogP contribution in [0.1, 0.15) is 30.6 Å². The maximum atomic E-state index is 11.7. The minimum atomic E-state index is -0.207. The van der Waals surface area contributed by atoms with Crippen molar-refractivity contribution in [2.45, 2.75) is 26.4 Å². The number of hydrogen-bond donors (Lipinski definition) is 2. The summed E-state index contributed by atoms with van der Waals surface area (Å²) in [6.07, 6.45) is 0.570. The number of benzene rings is 1. The largest absolute Gasteiger partial charge is 0.489 e. The molecule has 0 radical (unpaired) electrons. The number of carbonyl (C=O) groups is 1. The predicted molar refractivity (Wildman–Crippen MR) is 71.3 cm³/mol. The third-order valence-electron chi connectivity index (χ3n) is 2.18. The van der Waals surface area contributed by atoms with Crippen LogP contribution in [0, 0.1) is 0 Å². The van der Waals surface area contributed by atoms with Gasteiger partial charge in [0.2, 0.25) is 0 Å². The van der Waals surface area contributed by atoms with Crippen molar-refractivity contribution in [1.29, 1.82) is 0 Å². The summed E-state index contributed by atoms with van der Waals surface area (Å²) in [6.45, 7) is 4.32. The topological polar surface area (TPSA) is 58.6 Å². The zero-order valence-electron chi connectivity index (χ0n) is 10.6. The fourth-order valence-corrected chi connectivity index (χ4v) is 1.60. The number of aliphatic hydroxyl groups is 1. The van der Waals surface area contributed by atoms with E-state index in [1.54, 1.807) is 18.2 Å². The number of ether oxygens (including phenoxy) is 1. The molecule has 1 aromatic rings. The molecule has 4 nitrogen and oxygen atoms in total. The van der Waals surface area contributed by atoms with E-state index < -0.39 is 0 Å². The van der Waals surface area contributed by atoms with E-state index in [-0.39, 0.29) is 18.6 Å². The Morgan fingerprint density at radius 1 is 1.50 bits per heavy atom. The molecule has 100 valence electrons. The van der Waals surface area contributed by atoms with Gasteiger partial charge in [0.1, 0.15) is 5.75 Å². The lowest BCUT2D eigenvalue weighted by molar-refractivity contribution is 0.0951. The molecule has 5 heteroatoms. The second kappa shape index (κ2) is 7.24. The number of halogens is 1. The number of nitrogens with one attached hydrogen (secondary N) is 1. The molecular weight excluding hydrogens is 254 g/mol. The summed E-state index contributed by atoms with van der Waals surface area (Å²) in [5.74, 6) is 0.361. The van der Waals surface area contributed by atoms with Gasteiger partial charge in [-0.05, 0) is 38.5 Å². The predicted octanol–water partition coefficient (Wildman–Crippen LogP) is 2.24. The molecule has 0 heterocycles. The van der Waals surface area contributed by atoms with Crippen LogP contribution < -0.4 is 10.1 Å². The number of hydrogen-bond acceptors (Lipinski definition) is 3. The van der Waals surface area contributed by atoms with E-state index in [1.165, 1.54) is 0 Å². The van der Waals surface area contributed by atoms with E-state index in [1.807, 2.05) is 13.8 Å². The first-order chi connectivity index (χ1) is 8.54. The van der Waals surface area contributed by atoms with Crippen molar-refractivity contribution < 1.29 is 14.6 Å². The fourth-order valence-electron chi connectivity index (χ4n) is 1.37. The quantitative estimate of drug-likeness (QED) is 0.780. The molecule has 0 saturated carbocycles. The highest BCUT2D eigenvalue weighted by Crippen LogP contribution is 2.26. The van der Waals surface area contributed by atoms with Crippen LogP contribution >= 0.6 is 11.6 Å². The summed E-state index contributed by atoms with van der Waals surface area (Å²) in [5, 5.41) is 11.7. The Balaban J connectivity index is 2.68. The van der Waals surface area contributed by atoms with Crippen molar-refractivity contribution in [2.75, 3.05) is 13.2 Å². The average molecular weight is 272 g/mol. The molecule has 0 aliphatic heterocycles. The van der Waals surface area contributed by atoms with Gasteiger partial charge < -0.3 is 15.2 Å². The molecule has 0 aliphatic carbocycles. The Morgan fingerprint density at radius 2 is 2.22 bits per heavy atom. The van der Waals surface area contributed by atoms with Crippen LogP contribution in [0.4, 0.5) is 0 Å². The molecule has 1 amide bonds. The zero-order chi connectivity index (χ0) is 13.5. The molecule has 0 aliphatic rings. The van der Waals surface area contributed by atoms with Gasteiger partial charge in [-0.2, -0.15) is 0 Å². The minimum Gasteiger partial charge on any atom is -0.489 e. The minimum absolute atomic E-state index is 0.0340. The molecular formula is C13H18ClNO3. The molecule has 0 spiro atoms. The SMILES string of the molecule is CC(C)Oc1ccc(C(=O)NCCCO)cc1Cl. The van der Waals surface area contributed by atoms with E-state index in [0.717, 1.165) is 0 Å². The fraction of sp³-hybridized carbons (Fsp3) is 0.462. The lowest BCUT2D eigenvalue weighted by Gasteiger charge is -2.12. The second-order valence-electron chi connectivity index (χ2n) is 4.14. The maximum absolute atomic E-state index is 11.7. The molecule has 0 atom stereocenters. The molecule has 18 heavy (non-hydrogen) atoms. The lowest BCUT2D eigenvalue weighted by Crippen LogP contribution is -2.25. The number of carbonyl (C=O) groups excluding carboxylic acids is 1. The highest BCUT2D eigenvalue weighted by molar-refractivity contribution is 6.32. The highest BCUT2D eigenvalue weighted by atomic mass is 35.5. The van der Waals surface area contributed by atoms with Crippen molar-refractivity contribution in [3.8, 4) is 5.75 Å². The summed E-state index contributed by atoms with van der Waals surface area (Å²) < 4.78 is 5.48. The van der Waals surface area contributed by atoms with Gasteiger partial charge in [-0.3, -0.25) is 4.79 Å². The summed E-state index contributed by atoms with van der Waals surface area (Å²) in [4.78, 5) is 11.7. The van der Waals surface area contributed by atoms with Gasteiger partial charge in [-0.25, -0.2) is 0 Å². The summed E-state index contributed by atoms with van der Waals surface area (Å²) in [5.41, 5.74) is 0.481. The van der Waals surface area contributed by atoms with Crippen LogP contribution in [0.2, 0.25) is 5.02 Å². The van der Waals surface area contributed by atoms with Crippen molar-refractivity contribution in [3.63, 3.8) is 0 Å². The van der Waals surface area contributed by atoms with Crippen LogP contribution in [0.5, 0.6) is 5.75 Å². The van der Waals surface area contributed by atoms with E-state index in [4.69, 9.17) is 21.4 Å². The molecule has 0 bridgehead atoms. The Bertz CT molecular complexity index is 407. The van der Waals surface area contributed by atoms with E-state index in [0.29, 0.717) is 29.3 Å². The third kappa shape index (κ3) is 4.55. The van der Waals surface area contributed by atoms with E-state index >= 15 is 0 Å². The molecule has 0 fully saturated rings. The van der Waals surface area contributed by atoms with Crippen LogP contribution in [-0.2, 0) is 0 Å². The normalized spacial score (nSPS) is 10.5. The zero-order valence-corrected chi connectivity index (χ0v) is 11.3. The van der Waals surface area contributed by atoms with Crippen molar-refractivity contribution in [3.05, 3.63) is 28.8 Å². The molecule has 2 N–H and O–H groups in total. The first-order valence-corrected chi connectivity index (χ1v) is 6.27. The summed E-state index contributed by atoms with van der Waals surface area (Å²) in [7, 11) is 0. The Morgan fingerprint density at radius 3 is 2.78 bits per heavy atom. The molecule has 1 rings (SSSR count). The summed E-state index contributed by atoms with van der Waals surface area (Å²) in [6, 6.07) is 4.93. The molecule has 0 saturated heterocycles. The first kappa shape index (κ1) is 14.8. The van der Waals surface area contributed by atoms with E-state index in [2.05, 4.69) is 5.32 Å². The monoisotopic (exact) mass is 271 g/mol. The molecule has 0 aromatic heterocycles. The van der Waals surface area contributed by atoms with E-state index in [9.17, 15) is 4.79 Å². The third-order valence-corrected chi connectivity index (χ3v) is 2.47. The van der Waals surface area contributed by atoms with Crippen LogP contribution in [0.15, 0.2) is 18.2 Å². The summed E-state index contributed by atoms with van der Waals surface area (Å²) >= 11 is 6.03. The highest BCUT2D eigenvalue weighted by Gasteiger charge is 2.09. The van der Waals surface area contributed by atoms with Gasteiger partial charge in [0, 0.05) is 18.7 Å².